The summed E-state index contributed by atoms with van der Waals surface area (Å²) >= 11 is 1.31. The van der Waals surface area contributed by atoms with Crippen molar-refractivity contribution in [3.63, 3.8) is 0 Å². The van der Waals surface area contributed by atoms with Crippen molar-refractivity contribution in [1.82, 2.24) is 0 Å². The van der Waals surface area contributed by atoms with Gasteiger partial charge in [0.15, 0.2) is 0 Å². The van der Waals surface area contributed by atoms with Crippen LogP contribution >= 0.6 is 11.3 Å². The Morgan fingerprint density at radius 3 is 2.94 bits per heavy atom. The van der Waals surface area contributed by atoms with E-state index in [4.69, 9.17) is 9.29 Å². The maximum atomic E-state index is 10.9. The second kappa shape index (κ2) is 4.99. The van der Waals surface area contributed by atoms with E-state index in [9.17, 15) is 13.2 Å². The van der Waals surface area contributed by atoms with E-state index in [1.54, 1.807) is 6.07 Å². The first kappa shape index (κ1) is 13.5. The second-order valence-electron chi connectivity index (χ2n) is 4.46. The fourth-order valence-corrected chi connectivity index (χ4v) is 3.55. The van der Waals surface area contributed by atoms with Crippen molar-refractivity contribution in [3.05, 3.63) is 21.4 Å². The van der Waals surface area contributed by atoms with Crippen LogP contribution in [0.25, 0.3) is 0 Å². The number of carbonyl (C=O) groups is 1. The first-order chi connectivity index (χ1) is 8.35. The summed E-state index contributed by atoms with van der Waals surface area (Å²) in [4.78, 5) is 12.3. The Morgan fingerprint density at radius 1 is 1.61 bits per heavy atom. The van der Waals surface area contributed by atoms with Gasteiger partial charge < -0.3 is 5.11 Å². The third-order valence-corrected chi connectivity index (χ3v) is 4.70. The molecule has 0 aromatic carbocycles. The molecule has 0 saturated carbocycles. The van der Waals surface area contributed by atoms with Gasteiger partial charge in [-0.15, -0.1) is 11.3 Å². The van der Waals surface area contributed by atoms with Gasteiger partial charge in [0.2, 0.25) is 0 Å². The van der Waals surface area contributed by atoms with E-state index in [0.717, 1.165) is 29.5 Å². The normalized spacial score (nSPS) is 19.5. The van der Waals surface area contributed by atoms with Crippen molar-refractivity contribution >= 4 is 27.4 Å². The van der Waals surface area contributed by atoms with Gasteiger partial charge in [-0.2, -0.15) is 8.42 Å². The molecule has 0 radical (unpaired) electrons. The predicted octanol–water partition coefficient (Wildman–Crippen LogP) is 1.53. The highest BCUT2D eigenvalue weighted by Gasteiger charge is 2.23. The lowest BCUT2D eigenvalue weighted by atomic mass is 9.89. The van der Waals surface area contributed by atoms with Crippen LogP contribution in [0, 0.1) is 5.92 Å². The third-order valence-electron chi connectivity index (χ3n) is 2.91. The SMILES string of the molecule is CS(=O)(=O)OCC1CCc2sc(C(=O)O)cc2C1. The van der Waals surface area contributed by atoms with Crippen LogP contribution in [0.5, 0.6) is 0 Å². The molecule has 0 aliphatic heterocycles. The van der Waals surface area contributed by atoms with Gasteiger partial charge in [0, 0.05) is 4.88 Å². The smallest absolute Gasteiger partial charge is 0.345 e. The molecule has 5 nitrogen and oxygen atoms in total. The van der Waals surface area contributed by atoms with E-state index in [1.165, 1.54) is 11.3 Å². The molecule has 1 heterocycles. The fraction of sp³-hybridized carbons (Fsp3) is 0.545. The quantitative estimate of drug-likeness (QED) is 0.850. The molecule has 100 valence electrons. The molecule has 1 aromatic heterocycles. The second-order valence-corrected chi connectivity index (χ2v) is 7.24. The van der Waals surface area contributed by atoms with Crippen LogP contribution in [0.3, 0.4) is 0 Å². The molecule has 7 heteroatoms. The van der Waals surface area contributed by atoms with Crippen molar-refractivity contribution in [1.29, 1.82) is 0 Å². The van der Waals surface area contributed by atoms with Gasteiger partial charge in [-0.05, 0) is 36.8 Å². The average molecular weight is 290 g/mol. The summed E-state index contributed by atoms with van der Waals surface area (Å²) in [5, 5.41) is 8.92. The lowest BCUT2D eigenvalue weighted by molar-refractivity contribution is 0.0702. The van der Waals surface area contributed by atoms with Gasteiger partial charge in [-0.25, -0.2) is 4.79 Å². The van der Waals surface area contributed by atoms with E-state index in [-0.39, 0.29) is 12.5 Å². The van der Waals surface area contributed by atoms with Gasteiger partial charge in [-0.3, -0.25) is 4.18 Å². The van der Waals surface area contributed by atoms with Crippen LogP contribution < -0.4 is 0 Å². The Labute approximate surface area is 110 Å². The summed E-state index contributed by atoms with van der Waals surface area (Å²) < 4.78 is 26.6. The number of thiophene rings is 1. The molecule has 0 spiro atoms. The molecular weight excluding hydrogens is 276 g/mol. The summed E-state index contributed by atoms with van der Waals surface area (Å²) in [7, 11) is -3.40. The minimum absolute atomic E-state index is 0.142. The maximum absolute atomic E-state index is 10.9. The van der Waals surface area contributed by atoms with E-state index in [2.05, 4.69) is 0 Å². The van der Waals surface area contributed by atoms with E-state index in [1.807, 2.05) is 0 Å². The summed E-state index contributed by atoms with van der Waals surface area (Å²) in [6, 6.07) is 1.69. The summed E-state index contributed by atoms with van der Waals surface area (Å²) in [5.74, 6) is -0.762. The molecule has 1 aliphatic rings. The highest BCUT2D eigenvalue weighted by Crippen LogP contribution is 2.32. The van der Waals surface area contributed by atoms with Crippen LogP contribution in [-0.4, -0.2) is 32.4 Å². The number of carboxylic acid groups (broad SMARTS) is 1. The van der Waals surface area contributed by atoms with Crippen LogP contribution in [0.2, 0.25) is 0 Å². The van der Waals surface area contributed by atoms with Gasteiger partial charge >= 0.3 is 5.97 Å². The summed E-state index contributed by atoms with van der Waals surface area (Å²) in [6.45, 7) is 0.177. The molecule has 1 aromatic rings. The van der Waals surface area contributed by atoms with Gasteiger partial charge in [0.25, 0.3) is 10.1 Å². The maximum Gasteiger partial charge on any atom is 0.345 e. The zero-order valence-electron chi connectivity index (χ0n) is 9.88. The lowest BCUT2D eigenvalue weighted by Gasteiger charge is -2.21. The molecule has 1 N–H and O–H groups in total. The lowest BCUT2D eigenvalue weighted by Crippen LogP contribution is -2.19. The number of rotatable bonds is 4. The minimum atomic E-state index is -3.40. The Kier molecular flexibility index (Phi) is 3.74. The van der Waals surface area contributed by atoms with Crippen molar-refractivity contribution in [2.75, 3.05) is 12.9 Å². The molecule has 1 atom stereocenters. The molecule has 18 heavy (non-hydrogen) atoms. The van der Waals surface area contributed by atoms with Crippen molar-refractivity contribution in [3.8, 4) is 0 Å². The third kappa shape index (κ3) is 3.30. The van der Waals surface area contributed by atoms with E-state index < -0.39 is 16.1 Å². The molecule has 1 aliphatic carbocycles. The summed E-state index contributed by atoms with van der Waals surface area (Å²) in [5.41, 5.74) is 1.02. The monoisotopic (exact) mass is 290 g/mol. The molecule has 0 saturated heterocycles. The number of carboxylic acids is 1. The molecule has 1 unspecified atom stereocenters. The van der Waals surface area contributed by atoms with E-state index in [0.29, 0.717) is 11.3 Å². The number of hydrogen-bond donors (Lipinski definition) is 1. The number of aromatic carboxylic acids is 1. The van der Waals surface area contributed by atoms with Crippen molar-refractivity contribution < 1.29 is 22.5 Å². The van der Waals surface area contributed by atoms with Crippen LogP contribution in [0.1, 0.15) is 26.5 Å². The van der Waals surface area contributed by atoms with Crippen LogP contribution in [0.4, 0.5) is 0 Å². The Morgan fingerprint density at radius 2 is 2.33 bits per heavy atom. The molecule has 2 rings (SSSR count). The molecule has 0 fully saturated rings. The van der Waals surface area contributed by atoms with Crippen LogP contribution in [0.15, 0.2) is 6.07 Å². The summed E-state index contributed by atoms with van der Waals surface area (Å²) in [6.07, 6.45) is 3.36. The van der Waals surface area contributed by atoms with Crippen molar-refractivity contribution in [2.24, 2.45) is 5.92 Å². The Hall–Kier alpha value is -0.920. The Balaban J connectivity index is 2.03. The first-order valence-electron chi connectivity index (χ1n) is 5.54. The van der Waals surface area contributed by atoms with Gasteiger partial charge in [-0.1, -0.05) is 0 Å². The topological polar surface area (TPSA) is 80.7 Å². The first-order valence-corrected chi connectivity index (χ1v) is 8.18. The van der Waals surface area contributed by atoms with Gasteiger partial charge in [0.05, 0.1) is 12.9 Å². The zero-order chi connectivity index (χ0) is 13.3. The van der Waals surface area contributed by atoms with Gasteiger partial charge in [0.1, 0.15) is 4.88 Å². The highest BCUT2D eigenvalue weighted by molar-refractivity contribution is 7.85. The zero-order valence-corrected chi connectivity index (χ0v) is 11.5. The number of fused-ring (bicyclic) bond motifs is 1. The average Bonchev–Trinajstić information content (AvgIpc) is 2.68. The Bertz CT molecular complexity index is 558. The largest absolute Gasteiger partial charge is 0.477 e. The highest BCUT2D eigenvalue weighted by atomic mass is 32.2. The molecule has 0 amide bonds. The van der Waals surface area contributed by atoms with Crippen LogP contribution in [-0.2, 0) is 27.1 Å². The number of hydrogen-bond acceptors (Lipinski definition) is 5. The predicted molar refractivity (Wildman–Crippen MR) is 67.6 cm³/mol. The fourth-order valence-electron chi connectivity index (χ4n) is 2.07. The molecule has 0 bridgehead atoms. The minimum Gasteiger partial charge on any atom is -0.477 e. The standard InChI is InChI=1S/C11H14O5S2/c1-18(14,15)16-6-7-2-3-9-8(4-7)5-10(17-9)11(12)13/h5,7H,2-4,6H2,1H3,(H,12,13). The molecular formula is C11H14O5S2. The number of aryl methyl sites for hydroxylation is 1. The van der Waals surface area contributed by atoms with E-state index >= 15 is 0 Å². The van der Waals surface area contributed by atoms with Crippen molar-refractivity contribution in [2.45, 2.75) is 19.3 Å².